The second kappa shape index (κ2) is 6.10. The molecule has 2 aliphatic rings. The summed E-state index contributed by atoms with van der Waals surface area (Å²) in [6.45, 7) is 4.89. The van der Waals surface area contributed by atoms with Crippen LogP contribution in [0.1, 0.15) is 57.9 Å². The lowest BCUT2D eigenvalue weighted by Crippen LogP contribution is -2.62. The van der Waals surface area contributed by atoms with Crippen LogP contribution in [0, 0.1) is 0 Å². The molecule has 2 heteroatoms. The number of aryl methyl sites for hydroxylation is 1. The lowest BCUT2D eigenvalue weighted by Gasteiger charge is -2.55. The van der Waals surface area contributed by atoms with Gasteiger partial charge in [0.05, 0.1) is 0 Å². The molecule has 2 aliphatic heterocycles. The van der Waals surface area contributed by atoms with Gasteiger partial charge in [0.1, 0.15) is 0 Å². The van der Waals surface area contributed by atoms with E-state index >= 15 is 0 Å². The van der Waals surface area contributed by atoms with E-state index in [4.69, 9.17) is 5.73 Å². The van der Waals surface area contributed by atoms with Crippen LogP contribution in [-0.4, -0.2) is 28.6 Å². The average molecular weight is 286 g/mol. The molecular weight excluding hydrogens is 256 g/mol. The number of nitrogens with zero attached hydrogens (tertiary/aromatic N) is 1. The summed E-state index contributed by atoms with van der Waals surface area (Å²) in [6, 6.07) is 12.8. The molecule has 2 N–H and O–H groups in total. The highest BCUT2D eigenvalue weighted by Gasteiger charge is 2.43. The number of nitrogens with two attached hydrogens (primary N) is 1. The van der Waals surface area contributed by atoms with Crippen LogP contribution in [0.15, 0.2) is 30.3 Å². The zero-order valence-electron chi connectivity index (χ0n) is 13.6. The van der Waals surface area contributed by atoms with E-state index in [1.807, 2.05) is 0 Å². The number of hydrogen-bond donors (Lipinski definition) is 1. The lowest BCUT2D eigenvalue weighted by atomic mass is 9.77. The molecule has 21 heavy (non-hydrogen) atoms. The minimum Gasteiger partial charge on any atom is -0.328 e. The fraction of sp³-hybridized carbons (Fsp3) is 0.684. The third kappa shape index (κ3) is 3.32. The van der Waals surface area contributed by atoms with Crippen molar-refractivity contribution in [2.75, 3.05) is 0 Å². The van der Waals surface area contributed by atoms with E-state index in [9.17, 15) is 0 Å². The minimum atomic E-state index is 0.283. The molecule has 2 unspecified atom stereocenters. The van der Waals surface area contributed by atoms with Gasteiger partial charge in [0.25, 0.3) is 0 Å². The third-order valence-corrected chi connectivity index (χ3v) is 5.58. The first-order valence-corrected chi connectivity index (χ1v) is 8.64. The first-order valence-electron chi connectivity index (χ1n) is 8.64. The molecular formula is C19H30N2. The second-order valence-electron chi connectivity index (χ2n) is 7.68. The molecule has 0 amide bonds. The molecule has 0 spiro atoms. The quantitative estimate of drug-likeness (QED) is 0.913. The number of fused-ring (bicyclic) bond motifs is 2. The first-order chi connectivity index (χ1) is 10.1. The molecule has 2 saturated heterocycles. The van der Waals surface area contributed by atoms with E-state index in [0.29, 0.717) is 6.04 Å². The minimum absolute atomic E-state index is 0.283. The van der Waals surface area contributed by atoms with Gasteiger partial charge in [-0.25, -0.2) is 0 Å². The van der Waals surface area contributed by atoms with Crippen LogP contribution in [0.25, 0.3) is 0 Å². The first kappa shape index (κ1) is 15.1. The van der Waals surface area contributed by atoms with Gasteiger partial charge < -0.3 is 5.73 Å². The summed E-state index contributed by atoms with van der Waals surface area (Å²) in [4.78, 5) is 2.84. The summed E-state index contributed by atoms with van der Waals surface area (Å²) in [5.74, 6) is 0. The van der Waals surface area contributed by atoms with Gasteiger partial charge in [-0.1, -0.05) is 36.8 Å². The second-order valence-corrected chi connectivity index (χ2v) is 7.68. The van der Waals surface area contributed by atoms with Crippen molar-refractivity contribution in [1.29, 1.82) is 0 Å². The molecule has 1 aromatic rings. The molecule has 0 aromatic heterocycles. The Labute approximate surface area is 129 Å². The smallest absolute Gasteiger partial charge is 0.0162 e. The van der Waals surface area contributed by atoms with Gasteiger partial charge in [-0.15, -0.1) is 0 Å². The molecule has 1 aromatic carbocycles. The SMILES string of the molecule is CC(C)(CCc1ccccc1)N1C2CCCC1CC(N)C2. The lowest BCUT2D eigenvalue weighted by molar-refractivity contribution is -0.0472. The average Bonchev–Trinajstić information content (AvgIpc) is 2.45. The highest BCUT2D eigenvalue weighted by Crippen LogP contribution is 2.40. The van der Waals surface area contributed by atoms with E-state index < -0.39 is 0 Å². The van der Waals surface area contributed by atoms with Crippen LogP contribution >= 0.6 is 0 Å². The van der Waals surface area contributed by atoms with Gasteiger partial charge in [-0.05, 0) is 57.9 Å². The Hall–Kier alpha value is -0.860. The summed E-state index contributed by atoms with van der Waals surface area (Å²) in [6.07, 6.45) is 8.90. The summed E-state index contributed by atoms with van der Waals surface area (Å²) < 4.78 is 0. The van der Waals surface area contributed by atoms with Gasteiger partial charge in [0, 0.05) is 23.7 Å². The highest BCUT2D eigenvalue weighted by molar-refractivity contribution is 5.15. The summed E-state index contributed by atoms with van der Waals surface area (Å²) in [5.41, 5.74) is 8.01. The molecule has 2 fully saturated rings. The Morgan fingerprint density at radius 2 is 1.71 bits per heavy atom. The monoisotopic (exact) mass is 286 g/mol. The van der Waals surface area contributed by atoms with Crippen molar-refractivity contribution in [1.82, 2.24) is 4.90 Å². The molecule has 0 saturated carbocycles. The molecule has 0 radical (unpaired) electrons. The Balaban J connectivity index is 1.69. The standard InChI is InChI=1S/C19H30N2/c1-19(2,12-11-15-7-4-3-5-8-15)21-17-9-6-10-18(21)14-16(20)13-17/h3-5,7-8,16-18H,6,9-14,20H2,1-2H3. The largest absolute Gasteiger partial charge is 0.328 e. The number of benzene rings is 1. The van der Waals surface area contributed by atoms with Gasteiger partial charge in [0.2, 0.25) is 0 Å². The fourth-order valence-electron chi connectivity index (χ4n) is 4.64. The van der Waals surface area contributed by atoms with Crippen LogP contribution < -0.4 is 5.73 Å². The Morgan fingerprint density at radius 3 is 2.33 bits per heavy atom. The van der Waals surface area contributed by atoms with Crippen LogP contribution in [0.4, 0.5) is 0 Å². The fourth-order valence-corrected chi connectivity index (χ4v) is 4.64. The van der Waals surface area contributed by atoms with Crippen LogP contribution in [0.2, 0.25) is 0 Å². The zero-order valence-corrected chi connectivity index (χ0v) is 13.6. The van der Waals surface area contributed by atoms with Crippen molar-refractivity contribution in [3.05, 3.63) is 35.9 Å². The maximum Gasteiger partial charge on any atom is 0.0162 e. The van der Waals surface area contributed by atoms with E-state index in [1.54, 1.807) is 0 Å². The summed E-state index contributed by atoms with van der Waals surface area (Å²) in [7, 11) is 0. The van der Waals surface area contributed by atoms with E-state index in [1.165, 1.54) is 50.5 Å². The highest BCUT2D eigenvalue weighted by atomic mass is 15.3. The van der Waals surface area contributed by atoms with E-state index in [-0.39, 0.29) is 5.54 Å². The zero-order chi connectivity index (χ0) is 14.9. The molecule has 3 rings (SSSR count). The van der Waals surface area contributed by atoms with Gasteiger partial charge >= 0.3 is 0 Å². The number of hydrogen-bond acceptors (Lipinski definition) is 2. The molecule has 116 valence electrons. The molecule has 0 aliphatic carbocycles. The Bertz CT molecular complexity index is 440. The van der Waals surface area contributed by atoms with Crippen molar-refractivity contribution in [3.63, 3.8) is 0 Å². The van der Waals surface area contributed by atoms with Crippen LogP contribution in [0.3, 0.4) is 0 Å². The van der Waals surface area contributed by atoms with Crippen molar-refractivity contribution in [2.24, 2.45) is 5.73 Å². The van der Waals surface area contributed by atoms with Crippen molar-refractivity contribution >= 4 is 0 Å². The Kier molecular flexibility index (Phi) is 4.37. The normalized spacial score (nSPS) is 30.3. The van der Waals surface area contributed by atoms with Crippen molar-refractivity contribution < 1.29 is 0 Å². The molecule has 2 heterocycles. The third-order valence-electron chi connectivity index (χ3n) is 5.58. The Morgan fingerprint density at radius 1 is 1.10 bits per heavy atom. The van der Waals surface area contributed by atoms with E-state index in [0.717, 1.165) is 12.1 Å². The van der Waals surface area contributed by atoms with Gasteiger partial charge in [0.15, 0.2) is 0 Å². The topological polar surface area (TPSA) is 29.3 Å². The maximum absolute atomic E-state index is 6.27. The predicted molar refractivity (Wildman–Crippen MR) is 89.3 cm³/mol. The summed E-state index contributed by atoms with van der Waals surface area (Å²) in [5, 5.41) is 0. The van der Waals surface area contributed by atoms with Crippen LogP contribution in [-0.2, 0) is 6.42 Å². The van der Waals surface area contributed by atoms with Crippen LogP contribution in [0.5, 0.6) is 0 Å². The number of piperidine rings is 2. The van der Waals surface area contributed by atoms with Gasteiger partial charge in [-0.2, -0.15) is 0 Å². The summed E-state index contributed by atoms with van der Waals surface area (Å²) >= 11 is 0. The van der Waals surface area contributed by atoms with Crippen molar-refractivity contribution in [2.45, 2.75) is 82.5 Å². The molecule has 2 atom stereocenters. The molecule has 2 nitrogen and oxygen atoms in total. The molecule has 2 bridgehead atoms. The van der Waals surface area contributed by atoms with Gasteiger partial charge in [-0.3, -0.25) is 4.90 Å². The van der Waals surface area contributed by atoms with E-state index in [2.05, 4.69) is 49.1 Å². The maximum atomic E-state index is 6.27. The number of rotatable bonds is 4. The van der Waals surface area contributed by atoms with Crippen molar-refractivity contribution in [3.8, 4) is 0 Å². The predicted octanol–water partition coefficient (Wildman–Crippen LogP) is 3.74.